The van der Waals surface area contributed by atoms with Crippen molar-refractivity contribution in [3.63, 3.8) is 0 Å². The Morgan fingerprint density at radius 2 is 1.85 bits per heavy atom. The Morgan fingerprint density at radius 1 is 1.15 bits per heavy atom. The Bertz CT molecular complexity index is 929. The molecule has 3 rings (SSSR count). The summed E-state index contributed by atoms with van der Waals surface area (Å²) >= 11 is 6.45. The number of para-hydroxylation sites is 2. The van der Waals surface area contributed by atoms with E-state index >= 15 is 0 Å². The van der Waals surface area contributed by atoms with Crippen LogP contribution >= 0.6 is 11.6 Å². The molecule has 1 heterocycles. The first-order chi connectivity index (χ1) is 12.3. The molecule has 5 nitrogen and oxygen atoms in total. The fraction of sp³-hybridized carbons (Fsp3) is 0.300. The molecule has 1 unspecified atom stereocenters. The van der Waals surface area contributed by atoms with Crippen molar-refractivity contribution < 1.29 is 9.53 Å². The van der Waals surface area contributed by atoms with Crippen molar-refractivity contribution in [2.24, 2.45) is 0 Å². The number of fused-ring (bicyclic) bond motifs is 1. The molecule has 1 atom stereocenters. The molecule has 0 aliphatic rings. The number of ether oxygens (including phenoxy) is 1. The third kappa shape index (κ3) is 3.83. The molecule has 1 N–H and O–H groups in total. The first kappa shape index (κ1) is 18.3. The van der Waals surface area contributed by atoms with Crippen LogP contribution in [0.2, 0.25) is 5.02 Å². The number of aromatic nitrogens is 2. The first-order valence-corrected chi connectivity index (χ1v) is 8.86. The minimum absolute atomic E-state index is 0.367. The van der Waals surface area contributed by atoms with Crippen molar-refractivity contribution in [1.82, 2.24) is 14.9 Å². The molecule has 3 aromatic rings. The lowest BCUT2D eigenvalue weighted by molar-refractivity contribution is 0.0505. The van der Waals surface area contributed by atoms with E-state index in [0.29, 0.717) is 10.8 Å². The average Bonchev–Trinajstić information content (AvgIpc) is 2.95. The van der Waals surface area contributed by atoms with Crippen LogP contribution in [0.25, 0.3) is 16.7 Å². The maximum absolute atomic E-state index is 12.2. The number of hydrogen-bond donors (Lipinski definition) is 1. The van der Waals surface area contributed by atoms with Gasteiger partial charge in [-0.05, 0) is 52.0 Å². The number of imidazole rings is 1. The molecule has 0 aliphatic carbocycles. The monoisotopic (exact) mass is 371 g/mol. The Labute approximate surface area is 157 Å². The molecule has 1 aromatic heterocycles. The minimum atomic E-state index is -0.563. The fourth-order valence-corrected chi connectivity index (χ4v) is 3.04. The Morgan fingerprint density at radius 3 is 2.50 bits per heavy atom. The zero-order chi connectivity index (χ0) is 18.9. The Kier molecular flexibility index (Phi) is 4.92. The first-order valence-electron chi connectivity index (χ1n) is 8.48. The van der Waals surface area contributed by atoms with Gasteiger partial charge in [0.2, 0.25) is 0 Å². The highest BCUT2D eigenvalue weighted by molar-refractivity contribution is 6.35. The molecule has 2 aromatic carbocycles. The van der Waals surface area contributed by atoms with E-state index in [2.05, 4.69) is 5.32 Å². The van der Waals surface area contributed by atoms with Crippen LogP contribution in [0, 0.1) is 0 Å². The van der Waals surface area contributed by atoms with E-state index in [1.165, 1.54) is 0 Å². The molecule has 0 fully saturated rings. The smallest absolute Gasteiger partial charge is 0.408 e. The number of halogens is 1. The van der Waals surface area contributed by atoms with E-state index in [9.17, 15) is 4.79 Å². The molecule has 0 spiro atoms. The zero-order valence-corrected chi connectivity index (χ0v) is 16.0. The number of carbonyl (C=O) groups excluding carboxylic acids is 1. The summed E-state index contributed by atoms with van der Waals surface area (Å²) in [5.74, 6) is 0.685. The van der Waals surface area contributed by atoms with Gasteiger partial charge in [0.25, 0.3) is 0 Å². The van der Waals surface area contributed by atoms with Gasteiger partial charge in [-0.2, -0.15) is 0 Å². The predicted molar refractivity (Wildman–Crippen MR) is 104 cm³/mol. The van der Waals surface area contributed by atoms with Crippen molar-refractivity contribution in [1.29, 1.82) is 0 Å². The fourth-order valence-electron chi connectivity index (χ4n) is 2.78. The maximum atomic E-state index is 12.2. The van der Waals surface area contributed by atoms with E-state index in [-0.39, 0.29) is 6.04 Å². The zero-order valence-electron chi connectivity index (χ0n) is 15.3. The Balaban J connectivity index is 2.05. The number of hydrogen-bond acceptors (Lipinski definition) is 3. The van der Waals surface area contributed by atoms with Gasteiger partial charge in [0, 0.05) is 5.69 Å². The highest BCUT2D eigenvalue weighted by Crippen LogP contribution is 2.30. The SMILES string of the molecule is CC(NC(=O)OC(C)(C)C)c1nc2cccc(Cl)c2n1-c1ccccc1. The third-order valence-corrected chi connectivity index (χ3v) is 4.09. The largest absolute Gasteiger partial charge is 0.444 e. The van der Waals surface area contributed by atoms with Crippen molar-refractivity contribution in [2.75, 3.05) is 0 Å². The van der Waals surface area contributed by atoms with Gasteiger partial charge >= 0.3 is 6.09 Å². The van der Waals surface area contributed by atoms with Crippen LogP contribution in [0.1, 0.15) is 39.6 Å². The van der Waals surface area contributed by atoms with Crippen LogP contribution in [0.5, 0.6) is 0 Å². The van der Waals surface area contributed by atoms with Crippen LogP contribution in [0.15, 0.2) is 48.5 Å². The number of nitrogens with zero attached hydrogens (tertiary/aromatic N) is 2. The van der Waals surface area contributed by atoms with Crippen LogP contribution in [0.3, 0.4) is 0 Å². The van der Waals surface area contributed by atoms with Crippen molar-refractivity contribution in [3.05, 3.63) is 59.4 Å². The van der Waals surface area contributed by atoms with Crippen molar-refractivity contribution in [2.45, 2.75) is 39.3 Å². The Hall–Kier alpha value is -2.53. The van der Waals surface area contributed by atoms with E-state index in [1.807, 2.05) is 80.8 Å². The van der Waals surface area contributed by atoms with E-state index < -0.39 is 11.7 Å². The lowest BCUT2D eigenvalue weighted by Crippen LogP contribution is -2.34. The molecule has 0 aliphatic heterocycles. The van der Waals surface area contributed by atoms with Gasteiger partial charge < -0.3 is 10.1 Å². The topological polar surface area (TPSA) is 56.1 Å². The van der Waals surface area contributed by atoms with E-state index in [1.54, 1.807) is 0 Å². The van der Waals surface area contributed by atoms with Crippen LogP contribution < -0.4 is 5.32 Å². The van der Waals surface area contributed by atoms with Crippen LogP contribution in [0.4, 0.5) is 4.79 Å². The van der Waals surface area contributed by atoms with Gasteiger partial charge in [-0.15, -0.1) is 0 Å². The molecular formula is C20H22ClN3O2. The summed E-state index contributed by atoms with van der Waals surface area (Å²) in [5, 5.41) is 3.46. The second-order valence-electron chi connectivity index (χ2n) is 7.12. The molecule has 0 radical (unpaired) electrons. The molecule has 0 saturated carbocycles. The molecule has 1 amide bonds. The number of nitrogens with one attached hydrogen (secondary N) is 1. The second-order valence-corrected chi connectivity index (χ2v) is 7.52. The van der Waals surface area contributed by atoms with Crippen LogP contribution in [-0.4, -0.2) is 21.2 Å². The summed E-state index contributed by atoms with van der Waals surface area (Å²) in [5.41, 5.74) is 1.95. The number of carbonyl (C=O) groups is 1. The maximum Gasteiger partial charge on any atom is 0.408 e. The summed E-state index contributed by atoms with van der Waals surface area (Å²) in [6.07, 6.45) is -0.484. The number of rotatable bonds is 3. The summed E-state index contributed by atoms with van der Waals surface area (Å²) in [7, 11) is 0. The summed E-state index contributed by atoms with van der Waals surface area (Å²) in [4.78, 5) is 16.9. The minimum Gasteiger partial charge on any atom is -0.444 e. The number of benzene rings is 2. The molecule has 6 heteroatoms. The molecule has 136 valence electrons. The molecule has 0 saturated heterocycles. The van der Waals surface area contributed by atoms with Crippen LogP contribution in [-0.2, 0) is 4.74 Å². The molecule has 0 bridgehead atoms. The highest BCUT2D eigenvalue weighted by atomic mass is 35.5. The van der Waals surface area contributed by atoms with E-state index in [4.69, 9.17) is 21.3 Å². The van der Waals surface area contributed by atoms with Crippen molar-refractivity contribution in [3.8, 4) is 5.69 Å². The lowest BCUT2D eigenvalue weighted by Gasteiger charge is -2.22. The van der Waals surface area contributed by atoms with Gasteiger partial charge in [0.05, 0.1) is 22.1 Å². The summed E-state index contributed by atoms with van der Waals surface area (Å²) in [6, 6.07) is 15.1. The summed E-state index contributed by atoms with van der Waals surface area (Å²) in [6.45, 7) is 7.36. The van der Waals surface area contributed by atoms with Crippen molar-refractivity contribution >= 4 is 28.7 Å². The summed E-state index contributed by atoms with van der Waals surface area (Å²) < 4.78 is 7.33. The number of amides is 1. The second kappa shape index (κ2) is 7.00. The normalized spacial score (nSPS) is 12.8. The lowest BCUT2D eigenvalue weighted by atomic mass is 10.2. The quantitative estimate of drug-likeness (QED) is 0.682. The highest BCUT2D eigenvalue weighted by Gasteiger charge is 2.23. The number of alkyl carbamates (subject to hydrolysis) is 1. The molecular weight excluding hydrogens is 350 g/mol. The third-order valence-electron chi connectivity index (χ3n) is 3.79. The van der Waals surface area contributed by atoms with Gasteiger partial charge in [-0.1, -0.05) is 35.9 Å². The predicted octanol–water partition coefficient (Wildman–Crippen LogP) is 5.26. The standard InChI is InChI=1S/C20H22ClN3O2/c1-13(22-19(25)26-20(2,3)4)18-23-16-12-8-11-15(21)17(16)24(18)14-9-6-5-7-10-14/h5-13H,1-4H3,(H,22,25). The van der Waals surface area contributed by atoms with Gasteiger partial charge in [-0.3, -0.25) is 4.57 Å². The van der Waals surface area contributed by atoms with E-state index in [0.717, 1.165) is 16.7 Å². The van der Waals surface area contributed by atoms with Gasteiger partial charge in [-0.25, -0.2) is 9.78 Å². The molecule has 26 heavy (non-hydrogen) atoms. The average molecular weight is 372 g/mol. The van der Waals surface area contributed by atoms with Gasteiger partial charge in [0.15, 0.2) is 0 Å². The van der Waals surface area contributed by atoms with Gasteiger partial charge in [0.1, 0.15) is 11.4 Å².